The summed E-state index contributed by atoms with van der Waals surface area (Å²) < 4.78 is 0.995. The Labute approximate surface area is 147 Å². The zero-order valence-electron chi connectivity index (χ0n) is 12.9. The van der Waals surface area contributed by atoms with Crippen molar-refractivity contribution in [2.45, 2.75) is 25.3 Å². The Morgan fingerprint density at radius 2 is 1.88 bits per heavy atom. The summed E-state index contributed by atoms with van der Waals surface area (Å²) in [5.74, 6) is 0.607. The van der Waals surface area contributed by atoms with Gasteiger partial charge in [0.25, 0.3) is 0 Å². The number of benzene rings is 2. The second-order valence-electron chi connectivity index (χ2n) is 5.87. The highest BCUT2D eigenvalue weighted by Gasteiger charge is 2.28. The summed E-state index contributed by atoms with van der Waals surface area (Å²) in [5.41, 5.74) is 2.77. The van der Waals surface area contributed by atoms with Gasteiger partial charge in [-0.25, -0.2) is 0 Å². The highest BCUT2D eigenvalue weighted by atomic mass is 79.9. The topological polar surface area (TPSA) is 60.7 Å². The Hall–Kier alpha value is -2.34. The quantitative estimate of drug-likeness (QED) is 0.631. The maximum atomic E-state index is 12.9. The summed E-state index contributed by atoms with van der Waals surface area (Å²) in [4.78, 5) is 14.4. The monoisotopic (exact) mass is 382 g/mol. The van der Waals surface area contributed by atoms with Gasteiger partial charge < -0.3 is 0 Å². The first-order valence-electron chi connectivity index (χ1n) is 7.90. The van der Waals surface area contributed by atoms with E-state index in [-0.39, 0.29) is 11.8 Å². The maximum absolute atomic E-state index is 12.9. The molecule has 0 unspecified atom stereocenters. The summed E-state index contributed by atoms with van der Waals surface area (Å²) in [5, 5.41) is 12.7. The van der Waals surface area contributed by atoms with Crippen molar-refractivity contribution in [3.63, 3.8) is 0 Å². The van der Waals surface area contributed by atoms with E-state index >= 15 is 0 Å². The van der Waals surface area contributed by atoms with Gasteiger partial charge in [0.05, 0.1) is 0 Å². The van der Waals surface area contributed by atoms with E-state index in [9.17, 15) is 4.79 Å². The third-order valence-electron chi connectivity index (χ3n) is 4.32. The Bertz CT molecular complexity index is 888. The number of carbonyl (C=O) groups excluding carboxylic acids is 1. The number of hydrogen-bond acceptors (Lipinski definition) is 4. The van der Waals surface area contributed by atoms with E-state index in [2.05, 4.69) is 31.3 Å². The number of nitrogens with zero attached hydrogens (tertiary/aromatic N) is 4. The van der Waals surface area contributed by atoms with E-state index < -0.39 is 0 Å². The molecule has 0 amide bonds. The number of Topliss-reactive ketones (excluding diaryl/α,β-unsaturated/α-hetero) is 1. The van der Waals surface area contributed by atoms with Gasteiger partial charge in [0, 0.05) is 15.6 Å². The van der Waals surface area contributed by atoms with Gasteiger partial charge in [0.2, 0.25) is 5.82 Å². The van der Waals surface area contributed by atoms with Gasteiger partial charge in [-0.1, -0.05) is 40.2 Å². The first-order valence-corrected chi connectivity index (χ1v) is 8.69. The Balaban J connectivity index is 1.67. The van der Waals surface area contributed by atoms with E-state index in [1.807, 2.05) is 48.5 Å². The van der Waals surface area contributed by atoms with Crippen LogP contribution in [0.25, 0.3) is 11.4 Å². The Kier molecular flexibility index (Phi) is 3.98. The smallest absolute Gasteiger partial charge is 0.204 e. The Morgan fingerprint density at radius 1 is 1.08 bits per heavy atom. The molecule has 6 heteroatoms. The first-order chi connectivity index (χ1) is 11.7. The van der Waals surface area contributed by atoms with Gasteiger partial charge in [-0.2, -0.15) is 4.80 Å². The van der Waals surface area contributed by atoms with Crippen LogP contribution in [0.2, 0.25) is 0 Å². The third kappa shape index (κ3) is 2.78. The van der Waals surface area contributed by atoms with Crippen LogP contribution in [0.4, 0.5) is 0 Å². The first kappa shape index (κ1) is 15.2. The fourth-order valence-electron chi connectivity index (χ4n) is 3.07. The molecule has 0 bridgehead atoms. The molecule has 1 aliphatic carbocycles. The van der Waals surface area contributed by atoms with Crippen molar-refractivity contribution in [1.29, 1.82) is 0 Å². The molecule has 1 aromatic heterocycles. The molecule has 24 heavy (non-hydrogen) atoms. The lowest BCUT2D eigenvalue weighted by atomic mass is 10.0. The summed E-state index contributed by atoms with van der Waals surface area (Å²) >= 11 is 3.41. The van der Waals surface area contributed by atoms with Crippen LogP contribution in [0, 0.1) is 0 Å². The van der Waals surface area contributed by atoms with Crippen LogP contribution >= 0.6 is 15.9 Å². The van der Waals surface area contributed by atoms with E-state index in [1.54, 1.807) is 0 Å². The van der Waals surface area contributed by atoms with Crippen LogP contribution in [0.15, 0.2) is 53.0 Å². The highest BCUT2D eigenvalue weighted by molar-refractivity contribution is 9.10. The fourth-order valence-corrected chi connectivity index (χ4v) is 3.33. The molecule has 2 aromatic carbocycles. The van der Waals surface area contributed by atoms with Crippen LogP contribution in [-0.2, 0) is 6.42 Å². The summed E-state index contributed by atoms with van der Waals surface area (Å²) in [7, 11) is 0. The van der Waals surface area contributed by atoms with Gasteiger partial charge in [-0.05, 0) is 54.3 Å². The normalized spacial score (nSPS) is 17.4. The number of rotatable bonds is 2. The van der Waals surface area contributed by atoms with Gasteiger partial charge in [-0.3, -0.25) is 4.79 Å². The van der Waals surface area contributed by atoms with E-state index in [1.165, 1.54) is 4.80 Å². The molecule has 1 aliphatic rings. The van der Waals surface area contributed by atoms with Gasteiger partial charge in [0.1, 0.15) is 6.04 Å². The number of hydrogen-bond donors (Lipinski definition) is 0. The van der Waals surface area contributed by atoms with Crippen molar-refractivity contribution in [2.24, 2.45) is 0 Å². The molecule has 1 atom stereocenters. The minimum absolute atomic E-state index is 0.0721. The van der Waals surface area contributed by atoms with E-state index in [0.29, 0.717) is 5.82 Å². The Morgan fingerprint density at radius 3 is 2.71 bits per heavy atom. The van der Waals surface area contributed by atoms with Crippen molar-refractivity contribution in [3.8, 4) is 11.4 Å². The lowest BCUT2D eigenvalue weighted by Crippen LogP contribution is -2.21. The van der Waals surface area contributed by atoms with Crippen molar-refractivity contribution in [1.82, 2.24) is 20.2 Å². The van der Waals surface area contributed by atoms with Crippen molar-refractivity contribution >= 4 is 21.7 Å². The van der Waals surface area contributed by atoms with E-state index in [4.69, 9.17) is 0 Å². The number of halogens is 1. The number of ketones is 1. The second kappa shape index (κ2) is 6.28. The number of aryl methyl sites for hydroxylation is 1. The molecular formula is C18H15BrN4O. The molecule has 0 saturated carbocycles. The molecule has 0 radical (unpaired) electrons. The van der Waals surface area contributed by atoms with Crippen molar-refractivity contribution in [3.05, 3.63) is 64.1 Å². The lowest BCUT2D eigenvalue weighted by Gasteiger charge is -2.11. The molecule has 5 nitrogen and oxygen atoms in total. The van der Waals surface area contributed by atoms with Crippen LogP contribution < -0.4 is 0 Å². The zero-order chi connectivity index (χ0) is 16.5. The van der Waals surface area contributed by atoms with Crippen LogP contribution in [0.3, 0.4) is 0 Å². The predicted octanol–water partition coefficient (Wildman–Crippen LogP) is 3.86. The largest absolute Gasteiger partial charge is 0.292 e. The molecule has 4 rings (SSSR count). The molecule has 120 valence electrons. The van der Waals surface area contributed by atoms with Gasteiger partial charge >= 0.3 is 0 Å². The molecular weight excluding hydrogens is 368 g/mol. The van der Waals surface area contributed by atoms with Crippen LogP contribution in [0.1, 0.15) is 34.8 Å². The van der Waals surface area contributed by atoms with Gasteiger partial charge in [0.15, 0.2) is 5.78 Å². The summed E-state index contributed by atoms with van der Waals surface area (Å²) in [6.07, 6.45) is 2.57. The fraction of sp³-hybridized carbons (Fsp3) is 0.222. The number of fused-ring (bicyclic) bond motifs is 1. The van der Waals surface area contributed by atoms with E-state index in [0.717, 1.165) is 40.4 Å². The SMILES string of the molecule is O=C1c2ccccc2CCC[C@@H]1n1nnc(-c2ccc(Br)cc2)n1. The highest BCUT2D eigenvalue weighted by Crippen LogP contribution is 2.27. The molecule has 1 heterocycles. The van der Waals surface area contributed by atoms with Gasteiger partial charge in [-0.15, -0.1) is 10.2 Å². The van der Waals surface area contributed by atoms with Crippen molar-refractivity contribution < 1.29 is 4.79 Å². The van der Waals surface area contributed by atoms with Crippen molar-refractivity contribution in [2.75, 3.05) is 0 Å². The van der Waals surface area contributed by atoms with Crippen LogP contribution in [-0.4, -0.2) is 26.0 Å². The lowest BCUT2D eigenvalue weighted by molar-refractivity contribution is 0.0902. The molecule has 0 saturated heterocycles. The predicted molar refractivity (Wildman–Crippen MR) is 93.7 cm³/mol. The molecule has 0 aliphatic heterocycles. The molecule has 0 fully saturated rings. The van der Waals surface area contributed by atoms with Crippen LogP contribution in [0.5, 0.6) is 0 Å². The molecule has 0 spiro atoms. The standard InChI is InChI=1S/C18H15BrN4O/c19-14-10-8-13(9-11-14)18-20-22-23(21-18)16-7-3-5-12-4-1-2-6-15(12)17(16)24/h1-2,4,6,8-11,16H,3,5,7H2/t16-/m0/s1. The average molecular weight is 383 g/mol. The summed E-state index contributed by atoms with van der Waals surface area (Å²) in [6, 6.07) is 15.1. The number of carbonyl (C=O) groups is 1. The molecule has 0 N–H and O–H groups in total. The number of tetrazole rings is 1. The average Bonchev–Trinajstić information content (AvgIpc) is 3.02. The second-order valence-corrected chi connectivity index (χ2v) is 6.79. The molecule has 3 aromatic rings. The minimum atomic E-state index is -0.384. The minimum Gasteiger partial charge on any atom is -0.292 e. The zero-order valence-corrected chi connectivity index (χ0v) is 14.5. The number of aromatic nitrogens is 4. The third-order valence-corrected chi connectivity index (χ3v) is 4.85. The maximum Gasteiger partial charge on any atom is 0.204 e. The summed E-state index contributed by atoms with van der Waals surface area (Å²) in [6.45, 7) is 0.